The molecule has 5 nitrogen and oxygen atoms in total. The Morgan fingerprint density at radius 1 is 1.35 bits per heavy atom. The van der Waals surface area contributed by atoms with E-state index < -0.39 is 6.10 Å². The molecule has 1 fully saturated rings. The maximum atomic E-state index is 12.3. The number of carbonyl (C=O) groups is 1. The van der Waals surface area contributed by atoms with Crippen molar-refractivity contribution >= 4 is 27.5 Å². The highest BCUT2D eigenvalue weighted by Gasteiger charge is 2.26. The number of thiazole rings is 1. The molecule has 0 bridgehead atoms. The van der Waals surface area contributed by atoms with Crippen molar-refractivity contribution in [3.63, 3.8) is 0 Å². The van der Waals surface area contributed by atoms with Gasteiger partial charge in [0, 0.05) is 25.9 Å². The van der Waals surface area contributed by atoms with Crippen molar-refractivity contribution in [1.29, 1.82) is 0 Å². The van der Waals surface area contributed by atoms with Crippen LogP contribution in [0.25, 0.3) is 10.2 Å². The van der Waals surface area contributed by atoms with Gasteiger partial charge < -0.3 is 15.1 Å². The van der Waals surface area contributed by atoms with Gasteiger partial charge in [-0.15, -0.1) is 11.3 Å². The lowest BCUT2D eigenvalue weighted by Gasteiger charge is -2.33. The van der Waals surface area contributed by atoms with E-state index in [9.17, 15) is 9.90 Å². The van der Waals surface area contributed by atoms with Gasteiger partial charge in [-0.1, -0.05) is 12.1 Å². The molecule has 0 aliphatic carbocycles. The van der Waals surface area contributed by atoms with E-state index in [0.29, 0.717) is 25.9 Å². The fraction of sp³-hybridized carbons (Fsp3) is 0.529. The molecule has 3 rings (SSSR count). The molecule has 1 aromatic carbocycles. The first-order valence-corrected chi connectivity index (χ1v) is 8.90. The molecule has 6 heteroatoms. The summed E-state index contributed by atoms with van der Waals surface area (Å²) in [6.45, 7) is 1.14. The van der Waals surface area contributed by atoms with Crippen LogP contribution in [0.2, 0.25) is 0 Å². The Bertz CT molecular complexity index is 632. The second-order valence-electron chi connectivity index (χ2n) is 6.04. The van der Waals surface area contributed by atoms with E-state index in [1.54, 1.807) is 11.3 Å². The van der Waals surface area contributed by atoms with Crippen molar-refractivity contribution in [1.82, 2.24) is 9.88 Å². The van der Waals surface area contributed by atoms with Gasteiger partial charge in [0.25, 0.3) is 0 Å². The molecule has 2 N–H and O–H groups in total. The van der Waals surface area contributed by atoms with Gasteiger partial charge in [-0.05, 0) is 30.9 Å². The molecule has 0 spiro atoms. The first-order valence-electron chi connectivity index (χ1n) is 8.08. The predicted molar refractivity (Wildman–Crippen MR) is 90.3 cm³/mol. The quantitative estimate of drug-likeness (QED) is 0.875. The van der Waals surface area contributed by atoms with Crippen LogP contribution in [0.1, 0.15) is 24.3 Å². The molecule has 0 saturated carbocycles. The van der Waals surface area contributed by atoms with Crippen LogP contribution in [0.5, 0.6) is 0 Å². The maximum Gasteiger partial charge on any atom is 0.222 e. The molecule has 1 saturated heterocycles. The molecular formula is C17H22N2O3S. The SMILES string of the molecule is O=C(CCc1nc2ccccc2s1)N1CCC(C(O)CO)CC1. The number of likely N-dealkylation sites (tertiary alicyclic amines) is 1. The molecule has 1 unspecified atom stereocenters. The second kappa shape index (κ2) is 7.38. The first-order chi connectivity index (χ1) is 11.2. The zero-order valence-electron chi connectivity index (χ0n) is 13.0. The topological polar surface area (TPSA) is 73.7 Å². The van der Waals surface area contributed by atoms with E-state index in [1.165, 1.54) is 0 Å². The maximum absolute atomic E-state index is 12.3. The predicted octanol–water partition coefficient (Wildman–Crippen LogP) is 1.82. The van der Waals surface area contributed by atoms with Gasteiger partial charge in [0.05, 0.1) is 27.9 Å². The summed E-state index contributed by atoms with van der Waals surface area (Å²) in [4.78, 5) is 18.8. The largest absolute Gasteiger partial charge is 0.394 e. The molecule has 1 aliphatic heterocycles. The third kappa shape index (κ3) is 3.88. The zero-order chi connectivity index (χ0) is 16.2. The van der Waals surface area contributed by atoms with Crippen LogP contribution in [0.4, 0.5) is 0 Å². The van der Waals surface area contributed by atoms with Crippen LogP contribution in [-0.4, -0.2) is 51.8 Å². The number of para-hydroxylation sites is 1. The minimum Gasteiger partial charge on any atom is -0.394 e. The summed E-state index contributed by atoms with van der Waals surface area (Å²) < 4.78 is 1.16. The molecule has 1 aromatic heterocycles. The molecule has 2 heterocycles. The fourth-order valence-corrected chi connectivity index (χ4v) is 4.05. The number of piperidine rings is 1. The fourth-order valence-electron chi connectivity index (χ4n) is 3.08. The number of aryl methyl sites for hydroxylation is 1. The number of hydrogen-bond donors (Lipinski definition) is 2. The molecule has 0 radical (unpaired) electrons. The van der Waals surface area contributed by atoms with E-state index in [4.69, 9.17) is 5.11 Å². The lowest BCUT2D eigenvalue weighted by Crippen LogP contribution is -2.42. The van der Waals surface area contributed by atoms with Gasteiger partial charge in [0.2, 0.25) is 5.91 Å². The van der Waals surface area contributed by atoms with Crippen LogP contribution >= 0.6 is 11.3 Å². The summed E-state index contributed by atoms with van der Waals surface area (Å²) in [7, 11) is 0. The summed E-state index contributed by atoms with van der Waals surface area (Å²) in [6, 6.07) is 8.02. The molecule has 2 aromatic rings. The van der Waals surface area contributed by atoms with Crippen LogP contribution in [0.3, 0.4) is 0 Å². The first kappa shape index (κ1) is 16.4. The number of amides is 1. The number of hydrogen-bond acceptors (Lipinski definition) is 5. The number of aliphatic hydroxyl groups is 2. The lowest BCUT2D eigenvalue weighted by atomic mass is 9.91. The van der Waals surface area contributed by atoms with Crippen molar-refractivity contribution in [3.05, 3.63) is 29.3 Å². The summed E-state index contributed by atoms with van der Waals surface area (Å²) in [5, 5.41) is 19.7. The Kier molecular flexibility index (Phi) is 5.25. The number of carbonyl (C=O) groups excluding carboxylic acids is 1. The van der Waals surface area contributed by atoms with Crippen LogP contribution in [-0.2, 0) is 11.2 Å². The average Bonchev–Trinajstić information content (AvgIpc) is 3.02. The molecule has 1 aliphatic rings. The lowest BCUT2D eigenvalue weighted by molar-refractivity contribution is -0.133. The number of nitrogens with zero attached hydrogens (tertiary/aromatic N) is 2. The van der Waals surface area contributed by atoms with E-state index in [-0.39, 0.29) is 18.4 Å². The number of fused-ring (bicyclic) bond motifs is 1. The molecule has 124 valence electrons. The number of benzene rings is 1. The van der Waals surface area contributed by atoms with E-state index in [2.05, 4.69) is 11.1 Å². The zero-order valence-corrected chi connectivity index (χ0v) is 13.8. The van der Waals surface area contributed by atoms with Gasteiger partial charge >= 0.3 is 0 Å². The van der Waals surface area contributed by atoms with Gasteiger partial charge in [-0.25, -0.2) is 4.98 Å². The highest BCUT2D eigenvalue weighted by atomic mass is 32.1. The number of aliphatic hydroxyl groups excluding tert-OH is 2. The minimum atomic E-state index is -0.657. The minimum absolute atomic E-state index is 0.105. The molecule has 23 heavy (non-hydrogen) atoms. The van der Waals surface area contributed by atoms with Crippen LogP contribution in [0.15, 0.2) is 24.3 Å². The summed E-state index contributed by atoms with van der Waals surface area (Å²) >= 11 is 1.65. The average molecular weight is 334 g/mol. The van der Waals surface area contributed by atoms with Gasteiger partial charge in [-0.3, -0.25) is 4.79 Å². The van der Waals surface area contributed by atoms with Gasteiger partial charge in [0.15, 0.2) is 0 Å². The smallest absolute Gasteiger partial charge is 0.222 e. The van der Waals surface area contributed by atoms with Crippen molar-refractivity contribution in [2.45, 2.75) is 31.8 Å². The third-order valence-electron chi connectivity index (χ3n) is 4.51. The van der Waals surface area contributed by atoms with Crippen molar-refractivity contribution in [2.75, 3.05) is 19.7 Å². The monoisotopic (exact) mass is 334 g/mol. The third-order valence-corrected chi connectivity index (χ3v) is 5.61. The Hall–Kier alpha value is -1.50. The second-order valence-corrected chi connectivity index (χ2v) is 7.16. The molecule has 1 atom stereocenters. The number of rotatable bonds is 5. The Morgan fingerprint density at radius 3 is 2.78 bits per heavy atom. The van der Waals surface area contributed by atoms with Crippen molar-refractivity contribution < 1.29 is 15.0 Å². The Balaban J connectivity index is 1.50. The Labute approximate surface area is 139 Å². The highest BCUT2D eigenvalue weighted by molar-refractivity contribution is 7.18. The van der Waals surface area contributed by atoms with Gasteiger partial charge in [0.1, 0.15) is 0 Å². The van der Waals surface area contributed by atoms with Crippen molar-refractivity contribution in [2.24, 2.45) is 5.92 Å². The Morgan fingerprint density at radius 2 is 2.09 bits per heavy atom. The normalized spacial score (nSPS) is 17.6. The van der Waals surface area contributed by atoms with E-state index in [0.717, 1.165) is 28.1 Å². The molecular weight excluding hydrogens is 312 g/mol. The molecule has 1 amide bonds. The summed E-state index contributed by atoms with van der Waals surface area (Å²) in [5.41, 5.74) is 0.999. The number of aromatic nitrogens is 1. The summed E-state index contributed by atoms with van der Waals surface area (Å²) in [6.07, 6.45) is 2.02. The van der Waals surface area contributed by atoms with E-state index in [1.807, 2.05) is 23.1 Å². The van der Waals surface area contributed by atoms with Crippen LogP contribution in [0, 0.1) is 5.92 Å². The van der Waals surface area contributed by atoms with Gasteiger partial charge in [-0.2, -0.15) is 0 Å². The standard InChI is InChI=1S/C17H22N2O3S/c20-11-14(21)12-7-9-19(10-8-12)17(22)6-5-16-18-13-3-1-2-4-15(13)23-16/h1-4,12,14,20-21H,5-11H2. The highest BCUT2D eigenvalue weighted by Crippen LogP contribution is 2.24. The van der Waals surface area contributed by atoms with E-state index >= 15 is 0 Å². The van der Waals surface area contributed by atoms with Crippen LogP contribution < -0.4 is 0 Å². The summed E-state index contributed by atoms with van der Waals surface area (Å²) in [5.74, 6) is 0.259. The van der Waals surface area contributed by atoms with Crippen molar-refractivity contribution in [3.8, 4) is 0 Å².